The summed E-state index contributed by atoms with van der Waals surface area (Å²) in [4.78, 5) is 27.5. The van der Waals surface area contributed by atoms with Gasteiger partial charge in [-0.15, -0.1) is 0 Å². The first kappa shape index (κ1) is 23.8. The van der Waals surface area contributed by atoms with E-state index in [0.29, 0.717) is 22.8 Å². The third kappa shape index (κ3) is 4.16. The summed E-state index contributed by atoms with van der Waals surface area (Å²) in [6, 6.07) is 27.9. The highest BCUT2D eigenvalue weighted by atomic mass is 35.5. The van der Waals surface area contributed by atoms with Crippen LogP contribution in [-0.4, -0.2) is 26.8 Å². The summed E-state index contributed by atoms with van der Waals surface area (Å²) in [7, 11) is 0. The first-order valence-corrected chi connectivity index (χ1v) is 12.2. The van der Waals surface area contributed by atoms with Crippen LogP contribution in [0.25, 0.3) is 22.5 Å². The molecule has 2 atom stereocenters. The van der Waals surface area contributed by atoms with Gasteiger partial charge in [-0.25, -0.2) is 0 Å². The minimum absolute atomic E-state index is 0.172. The molecule has 0 aliphatic heterocycles. The van der Waals surface area contributed by atoms with Gasteiger partial charge in [-0.2, -0.15) is 9.78 Å². The lowest BCUT2D eigenvalue weighted by Crippen LogP contribution is -2.48. The molecule has 0 radical (unpaired) electrons. The summed E-state index contributed by atoms with van der Waals surface area (Å²) in [5.74, 6) is -2.38. The summed E-state index contributed by atoms with van der Waals surface area (Å²) in [5.41, 5.74) is 2.84. The van der Waals surface area contributed by atoms with E-state index in [9.17, 15) is 14.7 Å². The second-order valence-corrected chi connectivity index (χ2v) is 9.62. The van der Waals surface area contributed by atoms with Crippen LogP contribution in [-0.2, 0) is 4.79 Å². The quantitative estimate of drug-likeness (QED) is 0.236. The van der Waals surface area contributed by atoms with E-state index in [1.165, 1.54) is 4.68 Å². The number of allylic oxidation sites excluding steroid dienone is 2. The molecule has 180 valence electrons. The van der Waals surface area contributed by atoms with Gasteiger partial charge in [-0.1, -0.05) is 96.0 Å². The highest BCUT2D eigenvalue weighted by Gasteiger charge is 2.55. The van der Waals surface area contributed by atoms with Crippen molar-refractivity contribution in [2.75, 3.05) is 0 Å². The van der Waals surface area contributed by atoms with Crippen molar-refractivity contribution >= 4 is 23.5 Å². The number of hydrogen-bond donors (Lipinski definition) is 1. The van der Waals surface area contributed by atoms with Gasteiger partial charge in [0, 0.05) is 22.1 Å². The van der Waals surface area contributed by atoms with Crippen LogP contribution in [0.15, 0.2) is 103 Å². The minimum atomic E-state index is -1.73. The van der Waals surface area contributed by atoms with E-state index in [1.807, 2.05) is 79.7 Å². The molecule has 4 aromatic rings. The lowest BCUT2D eigenvalue weighted by Gasteiger charge is -2.38. The van der Waals surface area contributed by atoms with E-state index >= 15 is 0 Å². The van der Waals surface area contributed by atoms with Crippen molar-refractivity contribution in [2.24, 2.45) is 5.41 Å². The second-order valence-electron chi connectivity index (χ2n) is 9.18. The molecule has 0 amide bonds. The van der Waals surface area contributed by atoms with Gasteiger partial charge in [0.25, 0.3) is 5.91 Å². The number of hydrogen-bond acceptors (Lipinski definition) is 3. The Morgan fingerprint density at radius 1 is 0.944 bits per heavy atom. The van der Waals surface area contributed by atoms with E-state index in [1.54, 1.807) is 24.3 Å². The minimum Gasteiger partial charge on any atom is -0.480 e. The summed E-state index contributed by atoms with van der Waals surface area (Å²) in [6.07, 6.45) is 2.59. The first-order valence-electron chi connectivity index (χ1n) is 11.8. The molecule has 6 heteroatoms. The molecule has 5 nitrogen and oxygen atoms in total. The second kappa shape index (κ2) is 9.59. The molecule has 1 aliphatic carbocycles. The molecule has 0 unspecified atom stereocenters. The van der Waals surface area contributed by atoms with E-state index in [2.05, 4.69) is 5.10 Å². The molecule has 0 saturated carbocycles. The van der Waals surface area contributed by atoms with Crippen LogP contribution in [0.2, 0.25) is 5.02 Å². The van der Waals surface area contributed by atoms with E-state index in [-0.39, 0.29) is 6.42 Å². The number of carboxylic acid groups (broad SMARTS) is 1. The van der Waals surface area contributed by atoms with Crippen LogP contribution in [0, 0.1) is 5.41 Å². The fraction of sp³-hybridized carbons (Fsp3) is 0.167. The topological polar surface area (TPSA) is 72.2 Å². The number of rotatable bonds is 5. The van der Waals surface area contributed by atoms with E-state index < -0.39 is 23.2 Å². The fourth-order valence-electron chi connectivity index (χ4n) is 4.97. The highest BCUT2D eigenvalue weighted by molar-refractivity contribution is 6.30. The number of carbonyl (C=O) groups is 2. The maximum absolute atomic E-state index is 14.4. The molecule has 5 rings (SSSR count). The Kier molecular flexibility index (Phi) is 6.33. The zero-order valence-electron chi connectivity index (χ0n) is 19.8. The third-order valence-electron chi connectivity index (χ3n) is 6.93. The monoisotopic (exact) mass is 496 g/mol. The molecule has 0 bridgehead atoms. The standard InChI is InChI=1S/C30H25ClN2O3/c1-20-16-17-30(29(35)36,25(18-20)21-12-14-24(31)15-13-21)28(34)33-27(23-10-6-3-7-11-23)19-26(32-33)22-8-4-2-5-9-22/h2-15,18-19,25H,16-17H2,1H3,(H,35,36)/t25-,30+/m0/s1. The van der Waals surface area contributed by atoms with Gasteiger partial charge in [-0.05, 0) is 43.5 Å². The van der Waals surface area contributed by atoms with Gasteiger partial charge in [-0.3, -0.25) is 9.59 Å². The van der Waals surface area contributed by atoms with Crippen molar-refractivity contribution in [3.05, 3.63) is 113 Å². The Bertz CT molecular complexity index is 1440. The van der Waals surface area contributed by atoms with Crippen LogP contribution in [0.3, 0.4) is 0 Å². The van der Waals surface area contributed by atoms with Crippen LogP contribution in [0.5, 0.6) is 0 Å². The smallest absolute Gasteiger partial charge is 0.320 e. The van der Waals surface area contributed by atoms with Crippen LogP contribution in [0.1, 0.15) is 36.0 Å². The first-order chi connectivity index (χ1) is 17.4. The fourth-order valence-corrected chi connectivity index (χ4v) is 5.10. The average Bonchev–Trinajstić information content (AvgIpc) is 3.35. The Morgan fingerprint density at radius 2 is 1.56 bits per heavy atom. The van der Waals surface area contributed by atoms with Crippen molar-refractivity contribution in [1.29, 1.82) is 0 Å². The van der Waals surface area contributed by atoms with Gasteiger partial charge < -0.3 is 5.11 Å². The molecule has 0 fully saturated rings. The van der Waals surface area contributed by atoms with Crippen LogP contribution < -0.4 is 0 Å². The molecule has 3 aromatic carbocycles. The average molecular weight is 497 g/mol. The lowest BCUT2D eigenvalue weighted by molar-refractivity contribution is -0.147. The Balaban J connectivity index is 1.71. The maximum atomic E-state index is 14.4. The van der Waals surface area contributed by atoms with Crippen molar-refractivity contribution in [2.45, 2.75) is 25.7 Å². The number of carbonyl (C=O) groups excluding carboxylic acids is 1. The molecule has 0 saturated heterocycles. The molecule has 1 aromatic heterocycles. The van der Waals surface area contributed by atoms with Gasteiger partial charge in [0.1, 0.15) is 0 Å². The number of aromatic nitrogens is 2. The number of benzene rings is 3. The van der Waals surface area contributed by atoms with Crippen LogP contribution in [0.4, 0.5) is 0 Å². The normalized spacial score (nSPS) is 19.5. The van der Waals surface area contributed by atoms with Crippen molar-refractivity contribution in [3.63, 3.8) is 0 Å². The Labute approximate surface area is 214 Å². The third-order valence-corrected chi connectivity index (χ3v) is 7.18. The van der Waals surface area contributed by atoms with E-state index in [4.69, 9.17) is 11.6 Å². The van der Waals surface area contributed by atoms with Gasteiger partial charge in [0.2, 0.25) is 0 Å². The molecule has 1 heterocycles. The predicted octanol–water partition coefficient (Wildman–Crippen LogP) is 7.11. The number of halogens is 1. The number of aliphatic carboxylic acids is 1. The summed E-state index contributed by atoms with van der Waals surface area (Å²) >= 11 is 6.11. The molecule has 36 heavy (non-hydrogen) atoms. The molecular weight excluding hydrogens is 472 g/mol. The summed E-state index contributed by atoms with van der Waals surface area (Å²) in [5, 5.41) is 15.9. The Morgan fingerprint density at radius 3 is 2.17 bits per heavy atom. The van der Waals surface area contributed by atoms with Crippen LogP contribution >= 0.6 is 11.6 Å². The lowest BCUT2D eigenvalue weighted by atomic mass is 9.64. The maximum Gasteiger partial charge on any atom is 0.320 e. The predicted molar refractivity (Wildman–Crippen MR) is 141 cm³/mol. The van der Waals surface area contributed by atoms with Crippen molar-refractivity contribution in [3.8, 4) is 22.5 Å². The zero-order chi connectivity index (χ0) is 25.3. The summed E-state index contributed by atoms with van der Waals surface area (Å²) in [6.45, 7) is 1.97. The van der Waals surface area contributed by atoms with Gasteiger partial charge in [0.15, 0.2) is 5.41 Å². The van der Waals surface area contributed by atoms with Crippen molar-refractivity contribution in [1.82, 2.24) is 9.78 Å². The SMILES string of the molecule is CC1=C[C@@H](c2ccc(Cl)cc2)[C@@](C(=O)O)(C(=O)n2nc(-c3ccccc3)cc2-c2ccccc2)CC1. The summed E-state index contributed by atoms with van der Waals surface area (Å²) < 4.78 is 1.29. The Hall–Kier alpha value is -3.96. The highest BCUT2D eigenvalue weighted by Crippen LogP contribution is 2.48. The zero-order valence-corrected chi connectivity index (χ0v) is 20.5. The largest absolute Gasteiger partial charge is 0.480 e. The number of carboxylic acids is 1. The van der Waals surface area contributed by atoms with Gasteiger partial charge >= 0.3 is 5.97 Å². The molecule has 1 N–H and O–H groups in total. The van der Waals surface area contributed by atoms with Crippen molar-refractivity contribution < 1.29 is 14.7 Å². The number of nitrogens with zero attached hydrogens (tertiary/aromatic N) is 2. The molecule has 0 spiro atoms. The van der Waals surface area contributed by atoms with Gasteiger partial charge in [0.05, 0.1) is 11.4 Å². The van der Waals surface area contributed by atoms with E-state index in [0.717, 1.165) is 22.3 Å². The molecule has 1 aliphatic rings. The molecular formula is C30H25ClN2O3.